The summed E-state index contributed by atoms with van der Waals surface area (Å²) in [6, 6.07) is 7.41. The van der Waals surface area contributed by atoms with Gasteiger partial charge in [0.1, 0.15) is 0 Å². The first-order valence-electron chi connectivity index (χ1n) is 7.42. The maximum Gasteiger partial charge on any atom is 0.335 e. The Morgan fingerprint density at radius 2 is 2.00 bits per heavy atom. The zero-order valence-electron chi connectivity index (χ0n) is 11.6. The first-order chi connectivity index (χ1) is 9.74. The van der Waals surface area contributed by atoms with Gasteiger partial charge in [-0.2, -0.15) is 0 Å². The van der Waals surface area contributed by atoms with E-state index >= 15 is 0 Å². The highest BCUT2D eigenvalue weighted by molar-refractivity contribution is 5.87. The highest BCUT2D eigenvalue weighted by Crippen LogP contribution is 2.27. The van der Waals surface area contributed by atoms with Crippen LogP contribution in [0.3, 0.4) is 0 Å². The number of nitrogens with one attached hydrogen (secondary N) is 1. The van der Waals surface area contributed by atoms with Gasteiger partial charge in [0.15, 0.2) is 0 Å². The SMILES string of the molecule is O=C(O)c1ccc(C2CCC3=[N+](CCCN3)CC2)cc1. The van der Waals surface area contributed by atoms with Gasteiger partial charge >= 0.3 is 5.97 Å². The third-order valence-electron chi connectivity index (χ3n) is 4.42. The minimum atomic E-state index is -0.852. The molecule has 0 bridgehead atoms. The van der Waals surface area contributed by atoms with Crippen molar-refractivity contribution in [3.63, 3.8) is 0 Å². The standard InChI is InChI=1S/C16H20N2O2/c19-16(20)14-4-2-12(3-5-14)13-6-7-15-17-9-1-10-18(15)11-8-13/h2-5,13H,1,6-11H2,(H,19,20)/p+1. The molecule has 2 heterocycles. The molecule has 0 spiro atoms. The molecule has 0 fully saturated rings. The summed E-state index contributed by atoms with van der Waals surface area (Å²) in [6.07, 6.45) is 4.62. The van der Waals surface area contributed by atoms with Crippen LogP contribution in [0, 0.1) is 0 Å². The number of hydrogen-bond acceptors (Lipinski definition) is 2. The van der Waals surface area contributed by atoms with Gasteiger partial charge in [-0.1, -0.05) is 12.1 Å². The molecule has 0 aliphatic carbocycles. The van der Waals surface area contributed by atoms with Crippen LogP contribution in [0.2, 0.25) is 0 Å². The van der Waals surface area contributed by atoms with Gasteiger partial charge in [-0.05, 0) is 36.5 Å². The predicted molar refractivity (Wildman–Crippen MR) is 77.6 cm³/mol. The highest BCUT2D eigenvalue weighted by Gasteiger charge is 2.25. The lowest BCUT2D eigenvalue weighted by atomic mass is 9.91. The summed E-state index contributed by atoms with van der Waals surface area (Å²) in [5.41, 5.74) is 1.64. The third kappa shape index (κ3) is 2.69. The lowest BCUT2D eigenvalue weighted by molar-refractivity contribution is -0.534. The van der Waals surface area contributed by atoms with Crippen molar-refractivity contribution in [1.82, 2.24) is 5.32 Å². The topological polar surface area (TPSA) is 52.3 Å². The lowest BCUT2D eigenvalue weighted by Crippen LogP contribution is -2.40. The summed E-state index contributed by atoms with van der Waals surface area (Å²) in [4.78, 5) is 10.9. The van der Waals surface area contributed by atoms with Gasteiger partial charge < -0.3 is 5.11 Å². The molecule has 3 rings (SSSR count). The number of carbonyl (C=O) groups is 1. The molecule has 1 atom stereocenters. The van der Waals surface area contributed by atoms with E-state index in [0.29, 0.717) is 11.5 Å². The molecule has 20 heavy (non-hydrogen) atoms. The number of aromatic carboxylic acids is 1. The number of carboxylic acid groups (broad SMARTS) is 1. The predicted octanol–water partition coefficient (Wildman–Crippen LogP) is 2.06. The molecule has 0 amide bonds. The van der Waals surface area contributed by atoms with Crippen LogP contribution in [0.15, 0.2) is 24.3 Å². The average Bonchev–Trinajstić information content (AvgIpc) is 2.70. The molecule has 0 radical (unpaired) electrons. The first kappa shape index (κ1) is 13.2. The maximum atomic E-state index is 10.9. The van der Waals surface area contributed by atoms with Crippen molar-refractivity contribution in [3.8, 4) is 0 Å². The number of rotatable bonds is 2. The summed E-state index contributed by atoms with van der Waals surface area (Å²) < 4.78 is 2.48. The molecule has 0 saturated heterocycles. The Labute approximate surface area is 119 Å². The number of benzene rings is 1. The second-order valence-electron chi connectivity index (χ2n) is 5.67. The molecule has 4 nitrogen and oxygen atoms in total. The molecule has 1 aromatic carbocycles. The molecule has 0 aromatic heterocycles. The number of carboxylic acids is 1. The zero-order chi connectivity index (χ0) is 13.9. The van der Waals surface area contributed by atoms with Crippen LogP contribution in [-0.4, -0.2) is 41.1 Å². The van der Waals surface area contributed by atoms with Crippen molar-refractivity contribution in [1.29, 1.82) is 0 Å². The number of hydrogen-bond donors (Lipinski definition) is 2. The molecule has 1 aromatic rings. The molecule has 2 aliphatic rings. The lowest BCUT2D eigenvalue weighted by Gasteiger charge is -2.15. The fourth-order valence-electron chi connectivity index (χ4n) is 3.24. The van der Waals surface area contributed by atoms with Crippen LogP contribution in [0.1, 0.15) is 47.5 Å². The van der Waals surface area contributed by atoms with Crippen molar-refractivity contribution < 1.29 is 14.5 Å². The van der Waals surface area contributed by atoms with Crippen LogP contribution in [0.4, 0.5) is 0 Å². The molecule has 1 unspecified atom stereocenters. The second-order valence-corrected chi connectivity index (χ2v) is 5.67. The van der Waals surface area contributed by atoms with E-state index in [0.717, 1.165) is 32.4 Å². The Kier molecular flexibility index (Phi) is 3.72. The van der Waals surface area contributed by atoms with Crippen LogP contribution < -0.4 is 5.32 Å². The van der Waals surface area contributed by atoms with Gasteiger partial charge in [-0.3, -0.25) is 9.89 Å². The highest BCUT2D eigenvalue weighted by atomic mass is 16.4. The number of amidine groups is 1. The van der Waals surface area contributed by atoms with Crippen molar-refractivity contribution in [2.75, 3.05) is 19.6 Å². The normalized spacial score (nSPS) is 22.7. The smallest absolute Gasteiger partial charge is 0.335 e. The molecule has 106 valence electrons. The maximum absolute atomic E-state index is 10.9. The van der Waals surface area contributed by atoms with Gasteiger partial charge in [0, 0.05) is 12.8 Å². The monoisotopic (exact) mass is 273 g/mol. The van der Waals surface area contributed by atoms with Gasteiger partial charge in [0.05, 0.1) is 25.2 Å². The zero-order valence-corrected chi connectivity index (χ0v) is 11.6. The quantitative estimate of drug-likeness (QED) is 0.811. The van der Waals surface area contributed by atoms with Gasteiger partial charge in [0.2, 0.25) is 5.84 Å². The summed E-state index contributed by atoms with van der Waals surface area (Å²) in [5.74, 6) is 1.09. The molecule has 2 N–H and O–H groups in total. The fraction of sp³-hybridized carbons (Fsp3) is 0.500. The van der Waals surface area contributed by atoms with Crippen molar-refractivity contribution in [3.05, 3.63) is 35.4 Å². The first-order valence-corrected chi connectivity index (χ1v) is 7.42. The van der Waals surface area contributed by atoms with Crippen LogP contribution in [-0.2, 0) is 0 Å². The molecule has 0 saturated carbocycles. The van der Waals surface area contributed by atoms with Crippen LogP contribution in [0.25, 0.3) is 0 Å². The Hall–Kier alpha value is -1.84. The van der Waals surface area contributed by atoms with Crippen molar-refractivity contribution in [2.24, 2.45) is 0 Å². The molecular formula is C16H21N2O2+. The number of nitrogens with zero attached hydrogens (tertiary/aromatic N) is 1. The van der Waals surface area contributed by atoms with Gasteiger partial charge in [0.25, 0.3) is 0 Å². The average molecular weight is 273 g/mol. The molecule has 4 heteroatoms. The van der Waals surface area contributed by atoms with E-state index in [2.05, 4.69) is 9.89 Å². The molecule has 2 aliphatic heterocycles. The van der Waals surface area contributed by atoms with E-state index in [4.69, 9.17) is 5.11 Å². The Morgan fingerprint density at radius 1 is 1.20 bits per heavy atom. The minimum absolute atomic E-state index is 0.371. The van der Waals surface area contributed by atoms with E-state index in [-0.39, 0.29) is 0 Å². The van der Waals surface area contributed by atoms with E-state index < -0.39 is 5.97 Å². The van der Waals surface area contributed by atoms with Crippen LogP contribution in [0.5, 0.6) is 0 Å². The van der Waals surface area contributed by atoms with Crippen molar-refractivity contribution >= 4 is 11.8 Å². The third-order valence-corrected chi connectivity index (χ3v) is 4.42. The summed E-state index contributed by atoms with van der Waals surface area (Å²) in [7, 11) is 0. The van der Waals surface area contributed by atoms with Gasteiger partial charge in [-0.15, -0.1) is 0 Å². The van der Waals surface area contributed by atoms with E-state index in [1.165, 1.54) is 24.4 Å². The largest absolute Gasteiger partial charge is 0.478 e. The molecular weight excluding hydrogens is 252 g/mol. The minimum Gasteiger partial charge on any atom is -0.478 e. The Morgan fingerprint density at radius 3 is 2.75 bits per heavy atom. The summed E-state index contributed by atoms with van der Waals surface area (Å²) in [6.45, 7) is 3.38. The second kappa shape index (κ2) is 5.65. The van der Waals surface area contributed by atoms with E-state index in [1.807, 2.05) is 12.1 Å². The Balaban J connectivity index is 1.71. The van der Waals surface area contributed by atoms with Crippen molar-refractivity contribution in [2.45, 2.75) is 31.6 Å². The fourth-order valence-corrected chi connectivity index (χ4v) is 3.24. The van der Waals surface area contributed by atoms with E-state index in [9.17, 15) is 4.79 Å². The van der Waals surface area contributed by atoms with Crippen LogP contribution >= 0.6 is 0 Å². The Bertz CT molecular complexity index is 514. The van der Waals surface area contributed by atoms with E-state index in [1.54, 1.807) is 12.1 Å². The summed E-state index contributed by atoms with van der Waals surface area (Å²) >= 11 is 0. The van der Waals surface area contributed by atoms with Gasteiger partial charge in [-0.25, -0.2) is 4.79 Å². The summed E-state index contributed by atoms with van der Waals surface area (Å²) in [5, 5.41) is 12.5.